The van der Waals surface area contributed by atoms with Gasteiger partial charge in [-0.25, -0.2) is 0 Å². The van der Waals surface area contributed by atoms with Crippen molar-refractivity contribution in [1.29, 1.82) is 0 Å². The van der Waals surface area contributed by atoms with Crippen LogP contribution in [0.2, 0.25) is 5.02 Å². The zero-order valence-electron chi connectivity index (χ0n) is 9.70. The lowest BCUT2D eigenvalue weighted by molar-refractivity contribution is 0.0921. The zero-order chi connectivity index (χ0) is 13.8. The highest BCUT2D eigenvalue weighted by Gasteiger charge is 2.09. The van der Waals surface area contributed by atoms with E-state index in [0.717, 1.165) is 8.95 Å². The number of halogens is 3. The van der Waals surface area contributed by atoms with Crippen LogP contribution >= 0.6 is 43.5 Å². The molecule has 0 heterocycles. The summed E-state index contributed by atoms with van der Waals surface area (Å²) in [6.07, 6.45) is 0. The van der Waals surface area contributed by atoms with Crippen molar-refractivity contribution >= 4 is 49.2 Å². The van der Waals surface area contributed by atoms with Crippen molar-refractivity contribution in [1.82, 2.24) is 0 Å². The van der Waals surface area contributed by atoms with Gasteiger partial charge in [0.1, 0.15) is 5.75 Å². The molecule has 98 valence electrons. The Morgan fingerprint density at radius 3 is 2.63 bits per heavy atom. The van der Waals surface area contributed by atoms with Crippen LogP contribution in [0.1, 0.15) is 10.4 Å². The molecule has 0 fully saturated rings. The van der Waals surface area contributed by atoms with Crippen molar-refractivity contribution in [3.63, 3.8) is 0 Å². The molecular formula is C14H9Br2ClO2. The molecule has 0 unspecified atom stereocenters. The van der Waals surface area contributed by atoms with Gasteiger partial charge >= 0.3 is 0 Å². The van der Waals surface area contributed by atoms with Gasteiger partial charge in [-0.2, -0.15) is 0 Å². The lowest BCUT2D eigenvalue weighted by Gasteiger charge is -2.08. The number of Topliss-reactive ketones (excluding diaryl/α,β-unsaturated/α-hetero) is 1. The molecule has 5 heteroatoms. The smallest absolute Gasteiger partial charge is 0.200 e. The first kappa shape index (κ1) is 14.6. The van der Waals surface area contributed by atoms with Gasteiger partial charge in [-0.1, -0.05) is 39.7 Å². The van der Waals surface area contributed by atoms with Crippen molar-refractivity contribution in [3.05, 3.63) is 62.0 Å². The summed E-state index contributed by atoms with van der Waals surface area (Å²) in [7, 11) is 0. The largest absolute Gasteiger partial charge is 0.484 e. The van der Waals surface area contributed by atoms with E-state index in [1.54, 1.807) is 30.3 Å². The standard InChI is InChI=1S/C14H9Br2ClO2/c15-10-3-1-2-9(6-10)13(18)8-19-14-5-4-11(17)7-12(14)16/h1-7H,8H2. The van der Waals surface area contributed by atoms with Crippen LogP contribution in [0, 0.1) is 0 Å². The number of hydrogen-bond acceptors (Lipinski definition) is 2. The maximum atomic E-state index is 12.0. The van der Waals surface area contributed by atoms with Crippen molar-refractivity contribution in [2.45, 2.75) is 0 Å². The van der Waals surface area contributed by atoms with Crippen LogP contribution in [0.25, 0.3) is 0 Å². The summed E-state index contributed by atoms with van der Waals surface area (Å²) in [6, 6.07) is 12.4. The lowest BCUT2D eigenvalue weighted by atomic mass is 10.1. The molecule has 0 saturated heterocycles. The third kappa shape index (κ3) is 4.06. The molecule has 0 aliphatic carbocycles. The quantitative estimate of drug-likeness (QED) is 0.661. The molecule has 0 aliphatic rings. The molecule has 0 radical (unpaired) electrons. The minimum Gasteiger partial charge on any atom is -0.484 e. The number of ether oxygens (including phenoxy) is 1. The fraction of sp³-hybridized carbons (Fsp3) is 0.0714. The number of benzene rings is 2. The Balaban J connectivity index is 2.04. The summed E-state index contributed by atoms with van der Waals surface area (Å²) in [5.41, 5.74) is 0.611. The molecule has 2 rings (SSSR count). The minimum absolute atomic E-state index is 0.0172. The van der Waals surface area contributed by atoms with Crippen LogP contribution in [0.5, 0.6) is 5.75 Å². The van der Waals surface area contributed by atoms with Crippen molar-refractivity contribution in [3.8, 4) is 5.75 Å². The summed E-state index contributed by atoms with van der Waals surface area (Å²) in [4.78, 5) is 12.0. The Hall–Kier alpha value is -0.840. The molecule has 0 aromatic heterocycles. The number of hydrogen-bond donors (Lipinski definition) is 0. The Bertz CT molecular complexity index is 614. The van der Waals surface area contributed by atoms with Crippen LogP contribution in [-0.4, -0.2) is 12.4 Å². The van der Waals surface area contributed by atoms with Crippen molar-refractivity contribution in [2.75, 3.05) is 6.61 Å². The van der Waals surface area contributed by atoms with Crippen LogP contribution in [-0.2, 0) is 0 Å². The third-order valence-corrected chi connectivity index (χ3v) is 3.75. The first-order chi connectivity index (χ1) is 9.06. The van der Waals surface area contributed by atoms with E-state index in [1.807, 2.05) is 12.1 Å². The van der Waals surface area contributed by atoms with Gasteiger partial charge in [0.15, 0.2) is 12.4 Å². The first-order valence-electron chi connectivity index (χ1n) is 5.43. The number of ketones is 1. The molecular weight excluding hydrogens is 395 g/mol. The van der Waals surface area contributed by atoms with Gasteiger partial charge in [0.2, 0.25) is 0 Å². The van der Waals surface area contributed by atoms with Gasteiger partial charge in [0.25, 0.3) is 0 Å². The predicted octanol–water partition coefficient (Wildman–Crippen LogP) is 5.13. The highest BCUT2D eigenvalue weighted by Crippen LogP contribution is 2.28. The molecule has 0 bridgehead atoms. The molecule has 2 aromatic rings. The van der Waals surface area contributed by atoms with Gasteiger partial charge in [-0.3, -0.25) is 4.79 Å². The van der Waals surface area contributed by atoms with Crippen molar-refractivity contribution < 1.29 is 9.53 Å². The molecule has 2 aromatic carbocycles. The second-order valence-electron chi connectivity index (χ2n) is 3.80. The SMILES string of the molecule is O=C(COc1ccc(Cl)cc1Br)c1cccc(Br)c1. The average Bonchev–Trinajstić information content (AvgIpc) is 2.37. The van der Waals surface area contributed by atoms with Gasteiger partial charge in [-0.05, 0) is 46.3 Å². The second kappa shape index (κ2) is 6.55. The average molecular weight is 404 g/mol. The summed E-state index contributed by atoms with van der Waals surface area (Å²) in [5, 5.41) is 0.609. The zero-order valence-corrected chi connectivity index (χ0v) is 13.6. The fourth-order valence-corrected chi connectivity index (χ4v) is 2.68. The summed E-state index contributed by atoms with van der Waals surface area (Å²) >= 11 is 12.5. The molecule has 0 saturated carbocycles. The second-order valence-corrected chi connectivity index (χ2v) is 6.00. The predicted molar refractivity (Wildman–Crippen MR) is 83.1 cm³/mol. The van der Waals surface area contributed by atoms with Crippen LogP contribution in [0.4, 0.5) is 0 Å². The number of carbonyl (C=O) groups excluding carboxylic acids is 1. The molecule has 0 atom stereocenters. The van der Waals surface area contributed by atoms with E-state index in [-0.39, 0.29) is 12.4 Å². The van der Waals surface area contributed by atoms with E-state index < -0.39 is 0 Å². The van der Waals surface area contributed by atoms with E-state index in [0.29, 0.717) is 16.3 Å². The molecule has 2 nitrogen and oxygen atoms in total. The number of carbonyl (C=O) groups is 1. The summed E-state index contributed by atoms with van der Waals surface area (Å²) in [5.74, 6) is 0.510. The Labute approximate surface area is 133 Å². The Kier molecular flexibility index (Phi) is 5.02. The van der Waals surface area contributed by atoms with Crippen LogP contribution in [0.3, 0.4) is 0 Å². The van der Waals surface area contributed by atoms with Crippen LogP contribution in [0.15, 0.2) is 51.4 Å². The summed E-state index contributed by atoms with van der Waals surface area (Å²) in [6.45, 7) is -0.0172. The first-order valence-corrected chi connectivity index (χ1v) is 7.39. The molecule has 0 aliphatic heterocycles. The molecule has 19 heavy (non-hydrogen) atoms. The fourth-order valence-electron chi connectivity index (χ4n) is 1.48. The third-order valence-electron chi connectivity index (χ3n) is 2.40. The van der Waals surface area contributed by atoms with Gasteiger partial charge in [-0.15, -0.1) is 0 Å². The van der Waals surface area contributed by atoms with Gasteiger partial charge in [0, 0.05) is 15.1 Å². The topological polar surface area (TPSA) is 26.3 Å². The van der Waals surface area contributed by atoms with E-state index in [4.69, 9.17) is 16.3 Å². The Morgan fingerprint density at radius 1 is 1.16 bits per heavy atom. The summed E-state index contributed by atoms with van der Waals surface area (Å²) < 4.78 is 7.07. The maximum absolute atomic E-state index is 12.0. The van der Waals surface area contributed by atoms with Crippen molar-refractivity contribution in [2.24, 2.45) is 0 Å². The highest BCUT2D eigenvalue weighted by atomic mass is 79.9. The highest BCUT2D eigenvalue weighted by molar-refractivity contribution is 9.10. The van der Waals surface area contributed by atoms with E-state index >= 15 is 0 Å². The molecule has 0 N–H and O–H groups in total. The minimum atomic E-state index is -0.0804. The Morgan fingerprint density at radius 2 is 1.95 bits per heavy atom. The van der Waals surface area contributed by atoms with Crippen LogP contribution < -0.4 is 4.74 Å². The maximum Gasteiger partial charge on any atom is 0.200 e. The van der Waals surface area contributed by atoms with Gasteiger partial charge < -0.3 is 4.74 Å². The number of rotatable bonds is 4. The van der Waals surface area contributed by atoms with Gasteiger partial charge in [0.05, 0.1) is 4.47 Å². The normalized spacial score (nSPS) is 10.3. The van der Waals surface area contributed by atoms with E-state index in [9.17, 15) is 4.79 Å². The lowest BCUT2D eigenvalue weighted by Crippen LogP contribution is -2.11. The molecule has 0 amide bonds. The molecule has 0 spiro atoms. The van der Waals surface area contributed by atoms with E-state index in [2.05, 4.69) is 31.9 Å². The van der Waals surface area contributed by atoms with E-state index in [1.165, 1.54) is 0 Å². The monoisotopic (exact) mass is 402 g/mol.